The number of carbonyl (C=O) groups is 2. The minimum Gasteiger partial charge on any atom is -0.495 e. The number of benzene rings is 3. The molecular formula is C26H28FN3O4. The van der Waals surface area contributed by atoms with E-state index in [2.05, 4.69) is 10.6 Å². The number of para-hydroxylation sites is 2. The highest BCUT2D eigenvalue weighted by Crippen LogP contribution is 2.24. The molecule has 0 bridgehead atoms. The van der Waals surface area contributed by atoms with Crippen LogP contribution in [0.25, 0.3) is 0 Å². The minimum atomic E-state index is -0.412. The van der Waals surface area contributed by atoms with E-state index in [-0.39, 0.29) is 17.6 Å². The van der Waals surface area contributed by atoms with Gasteiger partial charge in [0.1, 0.15) is 23.9 Å². The molecule has 3 aromatic carbocycles. The number of likely N-dealkylation sites (N-methyl/N-ethyl adjacent to an activating group) is 1. The largest absolute Gasteiger partial charge is 0.495 e. The third kappa shape index (κ3) is 6.79. The van der Waals surface area contributed by atoms with Crippen LogP contribution in [0.1, 0.15) is 17.3 Å². The lowest BCUT2D eigenvalue weighted by Gasteiger charge is -2.24. The van der Waals surface area contributed by atoms with E-state index in [0.717, 1.165) is 0 Å². The van der Waals surface area contributed by atoms with Crippen LogP contribution in [0.5, 0.6) is 11.5 Å². The Balaban J connectivity index is 1.49. The molecule has 2 amide bonds. The third-order valence-corrected chi connectivity index (χ3v) is 5.34. The first kappa shape index (κ1) is 24.7. The number of anilines is 2. The number of methoxy groups -OCH3 is 1. The van der Waals surface area contributed by atoms with E-state index >= 15 is 0 Å². The minimum absolute atomic E-state index is 0.185. The number of rotatable bonds is 10. The van der Waals surface area contributed by atoms with Crippen molar-refractivity contribution in [2.75, 3.05) is 37.9 Å². The number of nitrogens with zero attached hydrogens (tertiary/aromatic N) is 1. The number of hydrogen-bond acceptors (Lipinski definition) is 5. The van der Waals surface area contributed by atoms with Gasteiger partial charge in [0.2, 0.25) is 5.91 Å². The molecule has 3 rings (SSSR count). The predicted octanol–water partition coefficient (Wildman–Crippen LogP) is 4.42. The molecule has 7 nitrogen and oxygen atoms in total. The Bertz CT molecular complexity index is 1100. The molecule has 0 aliphatic heterocycles. The van der Waals surface area contributed by atoms with E-state index in [0.29, 0.717) is 41.6 Å². The zero-order valence-electron chi connectivity index (χ0n) is 19.4. The monoisotopic (exact) mass is 465 g/mol. The molecule has 0 fully saturated rings. The topological polar surface area (TPSA) is 79.9 Å². The van der Waals surface area contributed by atoms with E-state index in [9.17, 15) is 14.0 Å². The fraction of sp³-hybridized carbons (Fsp3) is 0.231. The molecule has 3 aromatic rings. The van der Waals surface area contributed by atoms with Gasteiger partial charge in [0, 0.05) is 17.8 Å². The van der Waals surface area contributed by atoms with Gasteiger partial charge in [-0.15, -0.1) is 0 Å². The summed E-state index contributed by atoms with van der Waals surface area (Å²) >= 11 is 0. The Kier molecular flexibility index (Phi) is 8.59. The molecule has 0 aliphatic carbocycles. The van der Waals surface area contributed by atoms with Crippen LogP contribution in [-0.2, 0) is 4.79 Å². The van der Waals surface area contributed by atoms with Crippen molar-refractivity contribution >= 4 is 23.2 Å². The summed E-state index contributed by atoms with van der Waals surface area (Å²) in [6.45, 7) is 2.66. The molecule has 0 spiro atoms. The lowest BCUT2D eigenvalue weighted by molar-refractivity contribution is -0.120. The standard InChI is InChI=1S/C26H28FN3O4/c1-18(30(2)16-17-34-22-14-10-20(27)11-15-22)25(31)28-21-12-8-19(9-13-21)26(32)29-23-6-4-5-7-24(23)33-3/h4-15,18H,16-17H2,1-3H3,(H,28,31)(H,29,32)/t18-/m0/s1. The van der Waals surface area contributed by atoms with Gasteiger partial charge in [-0.05, 0) is 74.6 Å². The maximum Gasteiger partial charge on any atom is 0.255 e. The third-order valence-electron chi connectivity index (χ3n) is 5.34. The fourth-order valence-electron chi connectivity index (χ4n) is 3.13. The van der Waals surface area contributed by atoms with Crippen LogP contribution < -0.4 is 20.1 Å². The van der Waals surface area contributed by atoms with Crippen LogP contribution in [0.15, 0.2) is 72.8 Å². The van der Waals surface area contributed by atoms with Crippen LogP contribution in [-0.4, -0.2) is 50.1 Å². The summed E-state index contributed by atoms with van der Waals surface area (Å²) in [5, 5.41) is 5.67. The van der Waals surface area contributed by atoms with Crippen LogP contribution in [0.3, 0.4) is 0 Å². The Morgan fingerprint density at radius 2 is 1.65 bits per heavy atom. The van der Waals surface area contributed by atoms with Crippen molar-refractivity contribution in [2.24, 2.45) is 0 Å². The van der Waals surface area contributed by atoms with Gasteiger partial charge in [-0.1, -0.05) is 12.1 Å². The molecule has 1 atom stereocenters. The average molecular weight is 466 g/mol. The second-order valence-electron chi connectivity index (χ2n) is 7.68. The number of nitrogens with one attached hydrogen (secondary N) is 2. The number of amides is 2. The SMILES string of the molecule is COc1ccccc1NC(=O)c1ccc(NC(=O)[C@H](C)N(C)CCOc2ccc(F)cc2)cc1. The molecule has 0 saturated heterocycles. The normalized spacial score (nSPS) is 11.6. The summed E-state index contributed by atoms with van der Waals surface area (Å²) in [4.78, 5) is 27.0. The fourth-order valence-corrected chi connectivity index (χ4v) is 3.13. The smallest absolute Gasteiger partial charge is 0.255 e. The van der Waals surface area contributed by atoms with Crippen molar-refractivity contribution in [1.82, 2.24) is 4.90 Å². The van der Waals surface area contributed by atoms with Gasteiger partial charge in [-0.3, -0.25) is 14.5 Å². The maximum atomic E-state index is 13.0. The molecule has 8 heteroatoms. The van der Waals surface area contributed by atoms with Crippen LogP contribution >= 0.6 is 0 Å². The van der Waals surface area contributed by atoms with Gasteiger partial charge in [-0.25, -0.2) is 4.39 Å². The van der Waals surface area contributed by atoms with Crippen LogP contribution in [0.2, 0.25) is 0 Å². The van der Waals surface area contributed by atoms with E-state index in [1.165, 1.54) is 12.1 Å². The highest BCUT2D eigenvalue weighted by Gasteiger charge is 2.18. The molecule has 0 aromatic heterocycles. The van der Waals surface area contributed by atoms with Crippen molar-refractivity contribution < 1.29 is 23.5 Å². The Morgan fingerprint density at radius 1 is 0.971 bits per heavy atom. The van der Waals surface area contributed by atoms with E-state index in [1.54, 1.807) is 62.6 Å². The van der Waals surface area contributed by atoms with Crippen LogP contribution in [0, 0.1) is 5.82 Å². The molecule has 0 saturated carbocycles. The van der Waals surface area contributed by atoms with Gasteiger partial charge < -0.3 is 20.1 Å². The lowest BCUT2D eigenvalue weighted by Crippen LogP contribution is -2.41. The molecular weight excluding hydrogens is 437 g/mol. The van der Waals surface area contributed by atoms with Crippen molar-refractivity contribution in [3.8, 4) is 11.5 Å². The first-order valence-electron chi connectivity index (χ1n) is 10.8. The molecule has 2 N–H and O–H groups in total. The Hall–Kier alpha value is -3.91. The summed E-state index contributed by atoms with van der Waals surface area (Å²) in [6.07, 6.45) is 0. The van der Waals surface area contributed by atoms with Gasteiger partial charge in [0.25, 0.3) is 5.91 Å². The first-order valence-corrected chi connectivity index (χ1v) is 10.8. The van der Waals surface area contributed by atoms with Crippen molar-refractivity contribution in [3.05, 3.63) is 84.2 Å². The van der Waals surface area contributed by atoms with Crippen LogP contribution in [0.4, 0.5) is 15.8 Å². The van der Waals surface area contributed by atoms with Crippen molar-refractivity contribution in [3.63, 3.8) is 0 Å². The maximum absolute atomic E-state index is 13.0. The number of halogens is 1. The van der Waals surface area contributed by atoms with Gasteiger partial charge in [0.05, 0.1) is 18.8 Å². The molecule has 0 heterocycles. The highest BCUT2D eigenvalue weighted by molar-refractivity contribution is 6.05. The van der Waals surface area contributed by atoms with E-state index in [1.807, 2.05) is 24.1 Å². The van der Waals surface area contributed by atoms with E-state index < -0.39 is 6.04 Å². The molecule has 178 valence electrons. The summed E-state index contributed by atoms with van der Waals surface area (Å²) in [7, 11) is 3.36. The Morgan fingerprint density at radius 3 is 2.32 bits per heavy atom. The second-order valence-corrected chi connectivity index (χ2v) is 7.68. The molecule has 0 aliphatic rings. The zero-order chi connectivity index (χ0) is 24.5. The number of carbonyl (C=O) groups excluding carboxylic acids is 2. The zero-order valence-corrected chi connectivity index (χ0v) is 19.4. The molecule has 0 radical (unpaired) electrons. The van der Waals surface area contributed by atoms with E-state index in [4.69, 9.17) is 9.47 Å². The quantitative estimate of drug-likeness (QED) is 0.463. The summed E-state index contributed by atoms with van der Waals surface area (Å²) in [5.41, 5.74) is 1.61. The number of ether oxygens (including phenoxy) is 2. The lowest BCUT2D eigenvalue weighted by atomic mass is 10.1. The predicted molar refractivity (Wildman–Crippen MR) is 130 cm³/mol. The summed E-state index contributed by atoms with van der Waals surface area (Å²) in [6, 6.07) is 19.2. The van der Waals surface area contributed by atoms with Gasteiger partial charge in [0.15, 0.2) is 0 Å². The molecule has 34 heavy (non-hydrogen) atoms. The second kappa shape index (κ2) is 11.8. The summed E-state index contributed by atoms with van der Waals surface area (Å²) < 4.78 is 23.8. The van der Waals surface area contributed by atoms with Gasteiger partial charge >= 0.3 is 0 Å². The first-order chi connectivity index (χ1) is 16.4. The van der Waals surface area contributed by atoms with Gasteiger partial charge in [-0.2, -0.15) is 0 Å². The number of hydrogen-bond donors (Lipinski definition) is 2. The highest BCUT2D eigenvalue weighted by atomic mass is 19.1. The molecule has 0 unspecified atom stereocenters. The van der Waals surface area contributed by atoms with Crippen molar-refractivity contribution in [1.29, 1.82) is 0 Å². The van der Waals surface area contributed by atoms with Crippen molar-refractivity contribution in [2.45, 2.75) is 13.0 Å². The summed E-state index contributed by atoms with van der Waals surface area (Å²) in [5.74, 6) is 0.356. The Labute approximate surface area is 198 Å². The average Bonchev–Trinajstić information content (AvgIpc) is 2.85.